The number of pyridine rings is 1. The Balaban J connectivity index is 2.92. The fourth-order valence-corrected chi connectivity index (χ4v) is 0.877. The SMILES string of the molecule is NCCOc1ncccc1C(F)(F)F. The van der Waals surface area contributed by atoms with Crippen molar-refractivity contribution in [1.82, 2.24) is 4.98 Å². The fraction of sp³-hybridized carbons (Fsp3) is 0.375. The molecule has 0 aliphatic rings. The summed E-state index contributed by atoms with van der Waals surface area (Å²) in [5.41, 5.74) is 4.22. The first-order chi connectivity index (χ1) is 6.55. The molecule has 1 aromatic heterocycles. The third kappa shape index (κ3) is 2.59. The maximum Gasteiger partial charge on any atom is 0.421 e. The Morgan fingerprint density at radius 1 is 1.43 bits per heavy atom. The van der Waals surface area contributed by atoms with Crippen LogP contribution < -0.4 is 10.5 Å². The summed E-state index contributed by atoms with van der Waals surface area (Å²) in [6.07, 6.45) is -3.21. The highest BCUT2D eigenvalue weighted by atomic mass is 19.4. The largest absolute Gasteiger partial charge is 0.476 e. The van der Waals surface area contributed by atoms with E-state index in [2.05, 4.69) is 4.98 Å². The second kappa shape index (κ2) is 4.28. The molecule has 0 aliphatic heterocycles. The summed E-state index contributed by atoms with van der Waals surface area (Å²) < 4.78 is 41.7. The van der Waals surface area contributed by atoms with Gasteiger partial charge in [0, 0.05) is 12.7 Å². The van der Waals surface area contributed by atoms with Crippen molar-refractivity contribution in [2.75, 3.05) is 13.2 Å². The smallest absolute Gasteiger partial charge is 0.421 e. The Kier molecular flexibility index (Phi) is 3.29. The zero-order valence-corrected chi connectivity index (χ0v) is 7.21. The topological polar surface area (TPSA) is 48.1 Å². The van der Waals surface area contributed by atoms with Gasteiger partial charge >= 0.3 is 6.18 Å². The zero-order chi connectivity index (χ0) is 10.6. The Morgan fingerprint density at radius 2 is 2.14 bits per heavy atom. The van der Waals surface area contributed by atoms with E-state index in [1.54, 1.807) is 0 Å². The normalized spacial score (nSPS) is 11.4. The van der Waals surface area contributed by atoms with Crippen molar-refractivity contribution in [3.8, 4) is 5.88 Å². The van der Waals surface area contributed by atoms with Crippen LogP contribution in [0, 0.1) is 0 Å². The Labute approximate surface area is 78.7 Å². The molecule has 0 fully saturated rings. The van der Waals surface area contributed by atoms with Gasteiger partial charge in [0.2, 0.25) is 5.88 Å². The second-order valence-electron chi connectivity index (χ2n) is 2.49. The van der Waals surface area contributed by atoms with Crippen molar-refractivity contribution in [3.63, 3.8) is 0 Å². The molecule has 1 heterocycles. The van der Waals surface area contributed by atoms with Gasteiger partial charge in [0.25, 0.3) is 0 Å². The monoisotopic (exact) mass is 206 g/mol. The summed E-state index contributed by atoms with van der Waals surface area (Å²) in [6, 6.07) is 2.12. The van der Waals surface area contributed by atoms with E-state index in [1.807, 2.05) is 0 Å². The molecular weight excluding hydrogens is 197 g/mol. The van der Waals surface area contributed by atoms with E-state index in [0.29, 0.717) is 0 Å². The van der Waals surface area contributed by atoms with Crippen LogP contribution in [0.25, 0.3) is 0 Å². The van der Waals surface area contributed by atoms with E-state index in [-0.39, 0.29) is 13.2 Å². The number of halogens is 3. The Hall–Kier alpha value is -1.30. The molecule has 0 aliphatic carbocycles. The first-order valence-corrected chi connectivity index (χ1v) is 3.91. The molecule has 0 amide bonds. The maximum atomic E-state index is 12.3. The first kappa shape index (κ1) is 10.8. The quantitative estimate of drug-likeness (QED) is 0.813. The molecule has 0 aromatic carbocycles. The number of hydrogen-bond donors (Lipinski definition) is 1. The summed E-state index contributed by atoms with van der Waals surface area (Å²) in [4.78, 5) is 3.48. The highest BCUT2D eigenvalue weighted by molar-refractivity contribution is 5.28. The van der Waals surface area contributed by atoms with Gasteiger partial charge in [-0.3, -0.25) is 0 Å². The van der Waals surface area contributed by atoms with Crippen LogP contribution in [0.15, 0.2) is 18.3 Å². The standard InChI is InChI=1S/C8H9F3N2O/c9-8(10,11)6-2-1-4-13-7(6)14-5-3-12/h1-2,4H,3,5,12H2. The highest BCUT2D eigenvalue weighted by Crippen LogP contribution is 2.34. The predicted octanol–water partition coefficient (Wildman–Crippen LogP) is 1.44. The van der Waals surface area contributed by atoms with E-state index < -0.39 is 17.6 Å². The van der Waals surface area contributed by atoms with Crippen molar-refractivity contribution < 1.29 is 17.9 Å². The van der Waals surface area contributed by atoms with Gasteiger partial charge in [-0.05, 0) is 12.1 Å². The molecule has 0 saturated heterocycles. The van der Waals surface area contributed by atoms with E-state index >= 15 is 0 Å². The average molecular weight is 206 g/mol. The molecule has 0 saturated carbocycles. The minimum Gasteiger partial charge on any atom is -0.476 e. The van der Waals surface area contributed by atoms with Gasteiger partial charge in [-0.25, -0.2) is 4.98 Å². The van der Waals surface area contributed by atoms with E-state index in [0.717, 1.165) is 6.07 Å². The molecular formula is C8H9F3N2O. The van der Waals surface area contributed by atoms with Gasteiger partial charge in [-0.1, -0.05) is 0 Å². The Bertz CT molecular complexity index is 301. The van der Waals surface area contributed by atoms with Crippen molar-refractivity contribution in [2.45, 2.75) is 6.18 Å². The summed E-state index contributed by atoms with van der Waals surface area (Å²) >= 11 is 0. The third-order valence-electron chi connectivity index (χ3n) is 1.43. The molecule has 6 heteroatoms. The summed E-state index contributed by atoms with van der Waals surface area (Å²) in [7, 11) is 0. The zero-order valence-electron chi connectivity index (χ0n) is 7.21. The fourth-order valence-electron chi connectivity index (χ4n) is 0.877. The predicted molar refractivity (Wildman–Crippen MR) is 43.8 cm³/mol. The molecule has 1 rings (SSSR count). The van der Waals surface area contributed by atoms with Crippen molar-refractivity contribution in [3.05, 3.63) is 23.9 Å². The van der Waals surface area contributed by atoms with Crippen LogP contribution in [-0.2, 0) is 6.18 Å². The lowest BCUT2D eigenvalue weighted by Crippen LogP contribution is -2.15. The molecule has 0 spiro atoms. The number of hydrogen-bond acceptors (Lipinski definition) is 3. The summed E-state index contributed by atoms with van der Waals surface area (Å²) in [6.45, 7) is 0.161. The third-order valence-corrected chi connectivity index (χ3v) is 1.43. The van der Waals surface area contributed by atoms with Crippen LogP contribution in [0.1, 0.15) is 5.56 Å². The van der Waals surface area contributed by atoms with Crippen molar-refractivity contribution in [1.29, 1.82) is 0 Å². The van der Waals surface area contributed by atoms with Gasteiger partial charge in [0.15, 0.2) is 0 Å². The van der Waals surface area contributed by atoms with Crippen LogP contribution in [-0.4, -0.2) is 18.1 Å². The van der Waals surface area contributed by atoms with Crippen molar-refractivity contribution >= 4 is 0 Å². The van der Waals surface area contributed by atoms with E-state index in [9.17, 15) is 13.2 Å². The minimum atomic E-state index is -4.45. The lowest BCUT2D eigenvalue weighted by molar-refractivity contribution is -0.139. The number of rotatable bonds is 3. The van der Waals surface area contributed by atoms with Crippen LogP contribution in [0.5, 0.6) is 5.88 Å². The number of aromatic nitrogens is 1. The molecule has 0 radical (unpaired) electrons. The van der Waals surface area contributed by atoms with Crippen LogP contribution >= 0.6 is 0 Å². The molecule has 14 heavy (non-hydrogen) atoms. The van der Waals surface area contributed by atoms with Crippen LogP contribution in [0.2, 0.25) is 0 Å². The van der Waals surface area contributed by atoms with Gasteiger partial charge in [-0.15, -0.1) is 0 Å². The van der Waals surface area contributed by atoms with Gasteiger partial charge in [0.05, 0.1) is 0 Å². The molecule has 0 bridgehead atoms. The van der Waals surface area contributed by atoms with Crippen LogP contribution in [0.3, 0.4) is 0 Å². The lowest BCUT2D eigenvalue weighted by Gasteiger charge is -2.11. The minimum absolute atomic E-state index is 0.0140. The molecule has 78 valence electrons. The molecule has 2 N–H and O–H groups in total. The number of ether oxygens (including phenoxy) is 1. The summed E-state index contributed by atoms with van der Waals surface area (Å²) in [5, 5.41) is 0. The molecule has 3 nitrogen and oxygen atoms in total. The maximum absolute atomic E-state index is 12.3. The van der Waals surface area contributed by atoms with E-state index in [1.165, 1.54) is 12.3 Å². The average Bonchev–Trinajstić information content (AvgIpc) is 2.14. The van der Waals surface area contributed by atoms with Crippen LogP contribution in [0.4, 0.5) is 13.2 Å². The number of nitrogens with two attached hydrogens (primary N) is 1. The van der Waals surface area contributed by atoms with E-state index in [4.69, 9.17) is 10.5 Å². The molecule has 0 atom stereocenters. The lowest BCUT2D eigenvalue weighted by atomic mass is 10.2. The number of alkyl halides is 3. The first-order valence-electron chi connectivity index (χ1n) is 3.91. The highest BCUT2D eigenvalue weighted by Gasteiger charge is 2.34. The van der Waals surface area contributed by atoms with Gasteiger partial charge < -0.3 is 10.5 Å². The van der Waals surface area contributed by atoms with Gasteiger partial charge in [-0.2, -0.15) is 13.2 Å². The molecule has 0 unspecified atom stereocenters. The second-order valence-corrected chi connectivity index (χ2v) is 2.49. The number of nitrogens with zero attached hydrogens (tertiary/aromatic N) is 1. The molecule has 1 aromatic rings. The van der Waals surface area contributed by atoms with Crippen molar-refractivity contribution in [2.24, 2.45) is 5.73 Å². The summed E-state index contributed by atoms with van der Waals surface area (Å²) in [5.74, 6) is -0.426. The van der Waals surface area contributed by atoms with Gasteiger partial charge in [0.1, 0.15) is 12.2 Å². The Morgan fingerprint density at radius 3 is 2.71 bits per heavy atom.